The molecule has 1 heterocycles. The van der Waals surface area contributed by atoms with E-state index in [1.165, 1.54) is 0 Å². The molecule has 0 saturated heterocycles. The molecule has 0 fully saturated rings. The Kier molecular flexibility index (Phi) is 9.84. The summed E-state index contributed by atoms with van der Waals surface area (Å²) in [6.07, 6.45) is 1.26. The second kappa shape index (κ2) is 13.0. The lowest BCUT2D eigenvalue weighted by atomic mass is 9.97. The van der Waals surface area contributed by atoms with Gasteiger partial charge in [0.25, 0.3) is 0 Å². The van der Waals surface area contributed by atoms with E-state index >= 15 is 0 Å². The molecule has 0 saturated carbocycles. The largest absolute Gasteiger partial charge is 0.354 e. The van der Waals surface area contributed by atoms with E-state index in [-0.39, 0.29) is 23.7 Å². The van der Waals surface area contributed by atoms with Gasteiger partial charge in [-0.3, -0.25) is 9.59 Å². The van der Waals surface area contributed by atoms with Gasteiger partial charge in [0.2, 0.25) is 17.6 Å². The normalized spacial score (nSPS) is 11.9. The molecule has 2 aromatic carbocycles. The molecule has 186 valence electrons. The van der Waals surface area contributed by atoms with E-state index in [1.807, 2.05) is 74.2 Å². The Labute approximate surface area is 212 Å². The van der Waals surface area contributed by atoms with Gasteiger partial charge in [0, 0.05) is 43.3 Å². The predicted octanol–water partition coefficient (Wildman–Crippen LogP) is 3.98. The second-order valence-corrected chi connectivity index (χ2v) is 9.23. The number of hydrogen-bond donors (Lipinski definition) is 3. The highest BCUT2D eigenvalue weighted by atomic mass is 32.1. The molecule has 2 amide bonds. The minimum atomic E-state index is -0.138. The first-order valence-electron chi connectivity index (χ1n) is 12.0. The zero-order valence-electron chi connectivity index (χ0n) is 20.6. The van der Waals surface area contributed by atoms with Gasteiger partial charge in [-0.1, -0.05) is 69.3 Å². The van der Waals surface area contributed by atoms with Crippen molar-refractivity contribution in [2.45, 2.75) is 40.2 Å². The summed E-state index contributed by atoms with van der Waals surface area (Å²) in [7, 11) is 0. The minimum absolute atomic E-state index is 0.0116. The molecule has 0 aliphatic heterocycles. The number of rotatable bonds is 12. The number of tetrazole rings is 1. The fraction of sp³-hybridized carbons (Fsp3) is 0.423. The van der Waals surface area contributed by atoms with E-state index in [0.717, 1.165) is 28.7 Å². The summed E-state index contributed by atoms with van der Waals surface area (Å²) in [6.45, 7) is 7.39. The molecule has 35 heavy (non-hydrogen) atoms. The van der Waals surface area contributed by atoms with Gasteiger partial charge in [-0.2, -0.15) is 17.8 Å². The van der Waals surface area contributed by atoms with Gasteiger partial charge in [0.1, 0.15) is 0 Å². The van der Waals surface area contributed by atoms with Gasteiger partial charge in [0.05, 0.1) is 0 Å². The molecule has 8 nitrogen and oxygen atoms in total. The monoisotopic (exact) mass is 494 g/mol. The van der Waals surface area contributed by atoms with E-state index in [4.69, 9.17) is 0 Å². The molecule has 2 N–H and O–H groups in total. The Morgan fingerprint density at radius 2 is 1.80 bits per heavy atom. The molecule has 9 heteroatoms. The van der Waals surface area contributed by atoms with Crippen LogP contribution in [0.1, 0.15) is 39.2 Å². The molecule has 0 bridgehead atoms. The summed E-state index contributed by atoms with van der Waals surface area (Å²) >= 11 is 4.30. The lowest BCUT2D eigenvalue weighted by Gasteiger charge is -2.24. The number of aromatic amines is 1. The Balaban J connectivity index is 1.69. The zero-order chi connectivity index (χ0) is 25.2. The number of nitrogens with one attached hydrogen (secondary N) is 2. The van der Waals surface area contributed by atoms with Crippen LogP contribution in [-0.2, 0) is 16.1 Å². The molecule has 0 aliphatic rings. The number of benzene rings is 2. The fourth-order valence-corrected chi connectivity index (χ4v) is 4.51. The van der Waals surface area contributed by atoms with E-state index in [1.54, 1.807) is 0 Å². The average Bonchev–Trinajstić information content (AvgIpc) is 3.39. The molecule has 1 aromatic heterocycles. The molecular weight excluding hydrogens is 460 g/mol. The van der Waals surface area contributed by atoms with Crippen molar-refractivity contribution in [2.24, 2.45) is 11.8 Å². The van der Waals surface area contributed by atoms with Crippen LogP contribution in [0, 0.1) is 11.8 Å². The standard InChI is InChI=1S/C26H34N6O2S/c1-4-7-24(33)32(15-14-27-26(34)23(17-35)18(2)3)16-19-10-12-20(13-11-19)21-8-5-6-9-22(21)25-28-30-31-29-25/h5-6,8-13,18,23,35H,4,7,14-17H2,1-3H3,(H,27,34)(H,28,29,30,31). The van der Waals surface area contributed by atoms with Gasteiger partial charge < -0.3 is 10.2 Å². The molecule has 0 aliphatic carbocycles. The van der Waals surface area contributed by atoms with Crippen LogP contribution in [0.15, 0.2) is 48.5 Å². The molecule has 1 unspecified atom stereocenters. The first kappa shape index (κ1) is 26.4. The lowest BCUT2D eigenvalue weighted by Crippen LogP contribution is -2.41. The third-order valence-corrected chi connectivity index (χ3v) is 6.38. The van der Waals surface area contributed by atoms with Crippen LogP contribution in [0.5, 0.6) is 0 Å². The van der Waals surface area contributed by atoms with Crippen LogP contribution in [0.25, 0.3) is 22.5 Å². The van der Waals surface area contributed by atoms with Gasteiger partial charge in [-0.05, 0) is 34.2 Å². The summed E-state index contributed by atoms with van der Waals surface area (Å²) in [5.74, 6) is 1.20. The van der Waals surface area contributed by atoms with E-state index in [9.17, 15) is 9.59 Å². The van der Waals surface area contributed by atoms with Crippen molar-refractivity contribution in [3.8, 4) is 22.5 Å². The van der Waals surface area contributed by atoms with Crippen molar-refractivity contribution >= 4 is 24.4 Å². The van der Waals surface area contributed by atoms with Crippen molar-refractivity contribution in [1.29, 1.82) is 0 Å². The molecule has 3 aromatic rings. The number of carbonyl (C=O) groups is 2. The van der Waals surface area contributed by atoms with Crippen molar-refractivity contribution < 1.29 is 9.59 Å². The van der Waals surface area contributed by atoms with E-state index in [2.05, 4.69) is 38.6 Å². The average molecular weight is 495 g/mol. The SMILES string of the molecule is CCCC(=O)N(CCNC(=O)C(CS)C(C)C)Cc1ccc(-c2ccccc2-c2nn[nH]n2)cc1. The van der Waals surface area contributed by atoms with Crippen LogP contribution in [0.3, 0.4) is 0 Å². The Hall–Kier alpha value is -3.20. The van der Waals surface area contributed by atoms with Crippen molar-refractivity contribution in [2.75, 3.05) is 18.8 Å². The number of hydrogen-bond acceptors (Lipinski definition) is 6. The van der Waals surface area contributed by atoms with Gasteiger partial charge >= 0.3 is 0 Å². The molecule has 3 rings (SSSR count). The van der Waals surface area contributed by atoms with Crippen LogP contribution < -0.4 is 5.32 Å². The lowest BCUT2D eigenvalue weighted by molar-refractivity contribution is -0.132. The van der Waals surface area contributed by atoms with Gasteiger partial charge in [0.15, 0.2) is 0 Å². The fourth-order valence-electron chi connectivity index (χ4n) is 3.92. The maximum absolute atomic E-state index is 12.8. The van der Waals surface area contributed by atoms with Crippen LogP contribution >= 0.6 is 12.6 Å². The number of aromatic nitrogens is 4. The second-order valence-electron chi connectivity index (χ2n) is 8.87. The third-order valence-electron chi connectivity index (χ3n) is 5.99. The summed E-state index contributed by atoms with van der Waals surface area (Å²) in [5, 5.41) is 17.4. The Morgan fingerprint density at radius 3 is 2.40 bits per heavy atom. The Bertz CT molecular complexity index is 1090. The molecule has 0 spiro atoms. The summed E-state index contributed by atoms with van der Waals surface area (Å²) in [4.78, 5) is 27.0. The molecule has 0 radical (unpaired) electrons. The first-order valence-corrected chi connectivity index (χ1v) is 12.7. The first-order chi connectivity index (χ1) is 16.9. The highest BCUT2D eigenvalue weighted by molar-refractivity contribution is 7.80. The van der Waals surface area contributed by atoms with Crippen molar-refractivity contribution in [3.05, 3.63) is 54.1 Å². The number of amides is 2. The van der Waals surface area contributed by atoms with Crippen LogP contribution in [0.2, 0.25) is 0 Å². The maximum atomic E-state index is 12.8. The summed E-state index contributed by atoms with van der Waals surface area (Å²) in [5.41, 5.74) is 3.95. The Morgan fingerprint density at radius 1 is 1.09 bits per heavy atom. The highest BCUT2D eigenvalue weighted by Crippen LogP contribution is 2.29. The third kappa shape index (κ3) is 7.14. The van der Waals surface area contributed by atoms with Gasteiger partial charge in [-0.15, -0.1) is 10.2 Å². The number of carbonyl (C=O) groups excluding carboxylic acids is 2. The van der Waals surface area contributed by atoms with Gasteiger partial charge in [-0.25, -0.2) is 0 Å². The number of thiol groups is 1. The van der Waals surface area contributed by atoms with E-state index in [0.29, 0.717) is 37.6 Å². The summed E-state index contributed by atoms with van der Waals surface area (Å²) < 4.78 is 0. The van der Waals surface area contributed by atoms with Crippen molar-refractivity contribution in [1.82, 2.24) is 30.8 Å². The minimum Gasteiger partial charge on any atom is -0.354 e. The molecule has 1 atom stereocenters. The number of nitrogens with zero attached hydrogens (tertiary/aromatic N) is 4. The maximum Gasteiger partial charge on any atom is 0.224 e. The van der Waals surface area contributed by atoms with Crippen LogP contribution in [-0.4, -0.2) is 56.2 Å². The predicted molar refractivity (Wildman–Crippen MR) is 141 cm³/mol. The van der Waals surface area contributed by atoms with Crippen molar-refractivity contribution in [3.63, 3.8) is 0 Å². The van der Waals surface area contributed by atoms with Crippen LogP contribution in [0.4, 0.5) is 0 Å². The molecular formula is C26H34N6O2S. The highest BCUT2D eigenvalue weighted by Gasteiger charge is 2.21. The smallest absolute Gasteiger partial charge is 0.224 e. The van der Waals surface area contributed by atoms with E-state index < -0.39 is 0 Å². The quantitative estimate of drug-likeness (QED) is 0.331. The number of H-pyrrole nitrogens is 1. The summed E-state index contributed by atoms with van der Waals surface area (Å²) in [6, 6.07) is 16.0. The zero-order valence-corrected chi connectivity index (χ0v) is 21.5. The topological polar surface area (TPSA) is 104 Å².